The van der Waals surface area contributed by atoms with Crippen LogP contribution in [0.4, 0.5) is 5.69 Å². The first kappa shape index (κ1) is 13.8. The highest BCUT2D eigenvalue weighted by Crippen LogP contribution is 2.21. The number of aromatic nitrogens is 2. The van der Waals surface area contributed by atoms with Crippen LogP contribution in [0.2, 0.25) is 5.15 Å². The molecule has 1 amide bonds. The van der Waals surface area contributed by atoms with Crippen molar-refractivity contribution in [1.82, 2.24) is 15.3 Å². The van der Waals surface area contributed by atoms with Gasteiger partial charge in [0, 0.05) is 11.6 Å². The van der Waals surface area contributed by atoms with E-state index >= 15 is 0 Å². The zero-order valence-corrected chi connectivity index (χ0v) is 11.8. The summed E-state index contributed by atoms with van der Waals surface area (Å²) in [5, 5.41) is 5.76. The number of anilines is 1. The minimum Gasteiger partial charge on any atom is -0.397 e. The third-order valence-electron chi connectivity index (χ3n) is 2.57. The molecule has 0 aromatic carbocycles. The van der Waals surface area contributed by atoms with Crippen molar-refractivity contribution < 1.29 is 4.79 Å². The first-order chi connectivity index (χ1) is 9.11. The van der Waals surface area contributed by atoms with Gasteiger partial charge in [-0.05, 0) is 12.5 Å². The maximum atomic E-state index is 12.2. The van der Waals surface area contributed by atoms with Crippen LogP contribution in [-0.2, 0) is 0 Å². The van der Waals surface area contributed by atoms with Gasteiger partial charge in [-0.25, -0.2) is 9.97 Å². The van der Waals surface area contributed by atoms with Crippen LogP contribution < -0.4 is 11.1 Å². The molecule has 0 fully saturated rings. The van der Waals surface area contributed by atoms with Crippen molar-refractivity contribution in [2.45, 2.75) is 19.4 Å². The molecule has 2 rings (SSSR count). The van der Waals surface area contributed by atoms with Gasteiger partial charge in [-0.3, -0.25) is 4.79 Å². The summed E-state index contributed by atoms with van der Waals surface area (Å²) in [5.41, 5.74) is 6.29. The van der Waals surface area contributed by atoms with Crippen LogP contribution in [0.3, 0.4) is 0 Å². The number of carbonyl (C=O) groups excluding carboxylic acids is 1. The summed E-state index contributed by atoms with van der Waals surface area (Å²) in [6.07, 6.45) is 3.87. The van der Waals surface area contributed by atoms with E-state index in [1.54, 1.807) is 6.20 Å². The summed E-state index contributed by atoms with van der Waals surface area (Å²) in [4.78, 5) is 20.2. The van der Waals surface area contributed by atoms with Crippen molar-refractivity contribution in [1.29, 1.82) is 0 Å². The average Bonchev–Trinajstić information content (AvgIpc) is 2.92. The number of nitrogen functional groups attached to an aromatic ring is 1. The van der Waals surface area contributed by atoms with Gasteiger partial charge in [-0.2, -0.15) is 0 Å². The Hall–Kier alpha value is -1.66. The Balaban J connectivity index is 2.18. The third-order valence-corrected chi connectivity index (χ3v) is 3.76. The van der Waals surface area contributed by atoms with Gasteiger partial charge >= 0.3 is 0 Å². The molecule has 0 bridgehead atoms. The molecule has 0 aliphatic carbocycles. The normalized spacial score (nSPS) is 12.1. The van der Waals surface area contributed by atoms with E-state index < -0.39 is 0 Å². The first-order valence-electron chi connectivity index (χ1n) is 5.73. The maximum absolute atomic E-state index is 12.2. The maximum Gasteiger partial charge on any atom is 0.255 e. The second-order valence-corrected chi connectivity index (χ2v) is 5.20. The number of nitrogens with zero attached hydrogens (tertiary/aromatic N) is 2. The van der Waals surface area contributed by atoms with Crippen LogP contribution in [0.1, 0.15) is 34.8 Å². The number of hydrogen-bond acceptors (Lipinski definition) is 5. The Morgan fingerprint density at radius 1 is 1.58 bits per heavy atom. The molecular formula is C12H13ClN4OS. The molecule has 2 aromatic rings. The zero-order chi connectivity index (χ0) is 13.8. The lowest BCUT2D eigenvalue weighted by Crippen LogP contribution is -2.28. The molecule has 0 aliphatic rings. The first-order valence-corrected chi connectivity index (χ1v) is 6.98. The molecule has 3 N–H and O–H groups in total. The molecule has 0 aliphatic heterocycles. The molecule has 0 radical (unpaired) electrons. The fourth-order valence-corrected chi connectivity index (χ4v) is 2.57. The average molecular weight is 297 g/mol. The molecular weight excluding hydrogens is 284 g/mol. The zero-order valence-electron chi connectivity index (χ0n) is 10.3. The quantitative estimate of drug-likeness (QED) is 0.850. The summed E-state index contributed by atoms with van der Waals surface area (Å²) < 4.78 is 0. The van der Waals surface area contributed by atoms with Gasteiger partial charge in [-0.1, -0.05) is 18.5 Å². The second-order valence-electron chi connectivity index (χ2n) is 3.91. The molecule has 2 heterocycles. The molecule has 1 unspecified atom stereocenters. The van der Waals surface area contributed by atoms with Gasteiger partial charge in [0.2, 0.25) is 0 Å². The predicted octanol–water partition coefficient (Wildman–Crippen LogP) is 2.65. The minimum absolute atomic E-state index is 0.134. The number of halogens is 1. The topological polar surface area (TPSA) is 80.9 Å². The summed E-state index contributed by atoms with van der Waals surface area (Å²) >= 11 is 7.40. The summed E-state index contributed by atoms with van der Waals surface area (Å²) in [7, 11) is 0. The molecule has 7 heteroatoms. The molecule has 2 aromatic heterocycles. The van der Waals surface area contributed by atoms with Crippen molar-refractivity contribution >= 4 is 34.5 Å². The largest absolute Gasteiger partial charge is 0.397 e. The van der Waals surface area contributed by atoms with Crippen LogP contribution in [0.15, 0.2) is 23.8 Å². The van der Waals surface area contributed by atoms with Crippen LogP contribution >= 0.6 is 22.9 Å². The summed E-state index contributed by atoms with van der Waals surface area (Å²) in [5.74, 6) is -0.299. The van der Waals surface area contributed by atoms with E-state index in [-0.39, 0.29) is 22.7 Å². The number of rotatable bonds is 4. The fraction of sp³-hybridized carbons (Fsp3) is 0.250. The Labute approximate surface area is 119 Å². The van der Waals surface area contributed by atoms with E-state index in [1.807, 2.05) is 12.3 Å². The number of amides is 1. The Morgan fingerprint density at radius 3 is 3.00 bits per heavy atom. The Kier molecular flexibility index (Phi) is 4.34. The second kappa shape index (κ2) is 5.99. The lowest BCUT2D eigenvalue weighted by molar-refractivity contribution is 0.0935. The Morgan fingerprint density at radius 2 is 2.37 bits per heavy atom. The molecule has 100 valence electrons. The standard InChI is InChI=1S/C12H13ClN4OS/c1-2-9(12-15-3-4-19-12)17-11(18)8-5-7(14)6-16-10(8)13/h3-6,9H,2,14H2,1H3,(H,17,18). The SMILES string of the molecule is CCC(NC(=O)c1cc(N)cnc1Cl)c1nccs1. The van der Waals surface area contributed by atoms with Crippen LogP contribution in [0.5, 0.6) is 0 Å². The van der Waals surface area contributed by atoms with E-state index in [0.717, 1.165) is 11.4 Å². The van der Waals surface area contributed by atoms with E-state index in [2.05, 4.69) is 15.3 Å². The van der Waals surface area contributed by atoms with Gasteiger partial charge in [0.15, 0.2) is 0 Å². The number of pyridine rings is 1. The molecule has 0 saturated heterocycles. The highest BCUT2D eigenvalue weighted by Gasteiger charge is 2.18. The lowest BCUT2D eigenvalue weighted by Gasteiger charge is -2.15. The van der Waals surface area contributed by atoms with E-state index in [4.69, 9.17) is 17.3 Å². The minimum atomic E-state index is -0.299. The summed E-state index contributed by atoms with van der Waals surface area (Å²) in [6, 6.07) is 1.38. The van der Waals surface area contributed by atoms with Crippen molar-refractivity contribution in [2.75, 3.05) is 5.73 Å². The van der Waals surface area contributed by atoms with Crippen molar-refractivity contribution in [3.8, 4) is 0 Å². The number of thiazole rings is 1. The van der Waals surface area contributed by atoms with Crippen molar-refractivity contribution in [3.63, 3.8) is 0 Å². The predicted molar refractivity (Wildman–Crippen MR) is 76.3 cm³/mol. The number of nitrogens with one attached hydrogen (secondary N) is 1. The molecule has 19 heavy (non-hydrogen) atoms. The Bertz CT molecular complexity index is 573. The highest BCUT2D eigenvalue weighted by molar-refractivity contribution is 7.09. The van der Waals surface area contributed by atoms with Crippen LogP contribution in [0, 0.1) is 0 Å². The van der Waals surface area contributed by atoms with Gasteiger partial charge in [0.05, 0.1) is 23.5 Å². The number of nitrogens with two attached hydrogens (primary N) is 1. The van der Waals surface area contributed by atoms with Crippen LogP contribution in [-0.4, -0.2) is 15.9 Å². The third kappa shape index (κ3) is 3.21. The molecule has 0 saturated carbocycles. The van der Waals surface area contributed by atoms with Gasteiger partial charge in [0.1, 0.15) is 10.2 Å². The van der Waals surface area contributed by atoms with Gasteiger partial charge in [0.25, 0.3) is 5.91 Å². The smallest absolute Gasteiger partial charge is 0.255 e. The molecule has 1 atom stereocenters. The summed E-state index contributed by atoms with van der Waals surface area (Å²) in [6.45, 7) is 1.98. The molecule has 5 nitrogen and oxygen atoms in total. The van der Waals surface area contributed by atoms with E-state index in [1.165, 1.54) is 23.6 Å². The number of carbonyl (C=O) groups is 1. The van der Waals surface area contributed by atoms with E-state index in [0.29, 0.717) is 5.69 Å². The highest BCUT2D eigenvalue weighted by atomic mass is 35.5. The van der Waals surface area contributed by atoms with Crippen LogP contribution in [0.25, 0.3) is 0 Å². The lowest BCUT2D eigenvalue weighted by atomic mass is 10.2. The fourth-order valence-electron chi connectivity index (χ4n) is 1.60. The van der Waals surface area contributed by atoms with E-state index in [9.17, 15) is 4.79 Å². The van der Waals surface area contributed by atoms with Crippen molar-refractivity contribution in [3.05, 3.63) is 39.6 Å². The van der Waals surface area contributed by atoms with Crippen molar-refractivity contribution in [2.24, 2.45) is 0 Å². The van der Waals surface area contributed by atoms with Gasteiger partial charge < -0.3 is 11.1 Å². The number of hydrogen-bond donors (Lipinski definition) is 2. The van der Waals surface area contributed by atoms with Gasteiger partial charge in [-0.15, -0.1) is 11.3 Å². The monoisotopic (exact) mass is 296 g/mol. The molecule has 0 spiro atoms.